The first-order valence-electron chi connectivity index (χ1n) is 10.4. The van der Waals surface area contributed by atoms with Crippen LogP contribution in [0.25, 0.3) is 11.3 Å². The van der Waals surface area contributed by atoms with Crippen molar-refractivity contribution in [2.24, 2.45) is 0 Å². The number of aryl methyl sites for hydroxylation is 2. The number of nitrogens with one attached hydrogen (secondary N) is 1. The fraction of sp³-hybridized carbons (Fsp3) is 0.154. The molecule has 1 N–H and O–H groups in total. The fourth-order valence-electron chi connectivity index (χ4n) is 3.74. The first kappa shape index (κ1) is 21.2. The second kappa shape index (κ2) is 8.98. The first-order chi connectivity index (χ1) is 15.5. The van der Waals surface area contributed by atoms with Crippen LogP contribution >= 0.6 is 0 Å². The van der Waals surface area contributed by atoms with E-state index in [0.29, 0.717) is 17.9 Å². The average Bonchev–Trinajstić information content (AvgIpc) is 2.79. The molecule has 6 nitrogen and oxygen atoms in total. The van der Waals surface area contributed by atoms with Crippen molar-refractivity contribution < 1.29 is 4.79 Å². The van der Waals surface area contributed by atoms with E-state index in [9.17, 15) is 9.59 Å². The van der Waals surface area contributed by atoms with Crippen molar-refractivity contribution in [2.45, 2.75) is 27.3 Å². The highest BCUT2D eigenvalue weighted by atomic mass is 16.2. The van der Waals surface area contributed by atoms with Crippen LogP contribution in [0.3, 0.4) is 0 Å². The Kier molecular flexibility index (Phi) is 5.94. The maximum Gasteiger partial charge on any atom is 0.261 e. The van der Waals surface area contributed by atoms with E-state index in [-0.39, 0.29) is 11.0 Å². The van der Waals surface area contributed by atoms with Crippen molar-refractivity contribution in [3.05, 3.63) is 111 Å². The standard InChI is InChI=1S/C26H24N4O2/c1-17-5-4-6-22(19(17)3)29-26(32)24-23(31)15-18(2)30(16-20-7-11-27-12-8-20)25(24)21-9-13-28-14-10-21/h4-15H,16H2,1-3H3,(H,29,32). The van der Waals surface area contributed by atoms with Gasteiger partial charge in [0.2, 0.25) is 0 Å². The van der Waals surface area contributed by atoms with Crippen LogP contribution in [0.4, 0.5) is 5.69 Å². The van der Waals surface area contributed by atoms with Crippen molar-refractivity contribution in [1.29, 1.82) is 0 Å². The zero-order valence-electron chi connectivity index (χ0n) is 18.3. The minimum atomic E-state index is -0.431. The van der Waals surface area contributed by atoms with Crippen LogP contribution in [0.5, 0.6) is 0 Å². The van der Waals surface area contributed by atoms with Gasteiger partial charge in [-0.25, -0.2) is 0 Å². The Morgan fingerprint density at radius 3 is 2.28 bits per heavy atom. The average molecular weight is 425 g/mol. The number of rotatable bonds is 5. The zero-order chi connectivity index (χ0) is 22.7. The summed E-state index contributed by atoms with van der Waals surface area (Å²) in [7, 11) is 0. The minimum Gasteiger partial charge on any atom is -0.340 e. The molecule has 0 saturated carbocycles. The van der Waals surface area contributed by atoms with E-state index < -0.39 is 5.91 Å². The monoisotopic (exact) mass is 424 g/mol. The van der Waals surface area contributed by atoms with Crippen molar-refractivity contribution in [2.75, 3.05) is 5.32 Å². The van der Waals surface area contributed by atoms with E-state index >= 15 is 0 Å². The third-order valence-corrected chi connectivity index (χ3v) is 5.64. The van der Waals surface area contributed by atoms with Crippen LogP contribution in [0.1, 0.15) is 32.7 Å². The molecule has 0 atom stereocenters. The normalized spacial score (nSPS) is 10.7. The van der Waals surface area contributed by atoms with Gasteiger partial charge in [-0.1, -0.05) is 12.1 Å². The van der Waals surface area contributed by atoms with Gasteiger partial charge in [-0.05, 0) is 67.8 Å². The van der Waals surface area contributed by atoms with Gasteiger partial charge in [0.1, 0.15) is 5.56 Å². The summed E-state index contributed by atoms with van der Waals surface area (Å²) in [6, 6.07) is 14.7. The van der Waals surface area contributed by atoms with Gasteiger partial charge in [-0.2, -0.15) is 0 Å². The SMILES string of the molecule is Cc1cccc(NC(=O)c2c(-c3ccncc3)n(Cc3ccncc3)c(C)cc2=O)c1C. The van der Waals surface area contributed by atoms with Crippen molar-refractivity contribution in [3.8, 4) is 11.3 Å². The molecule has 0 saturated heterocycles. The molecule has 3 aromatic heterocycles. The largest absolute Gasteiger partial charge is 0.340 e. The van der Waals surface area contributed by atoms with E-state index in [1.165, 1.54) is 6.07 Å². The van der Waals surface area contributed by atoms with Crippen LogP contribution in [0.2, 0.25) is 0 Å². The zero-order valence-corrected chi connectivity index (χ0v) is 18.3. The number of carbonyl (C=O) groups is 1. The summed E-state index contributed by atoms with van der Waals surface area (Å²) >= 11 is 0. The minimum absolute atomic E-state index is 0.108. The van der Waals surface area contributed by atoms with Crippen molar-refractivity contribution >= 4 is 11.6 Å². The molecular weight excluding hydrogens is 400 g/mol. The Morgan fingerprint density at radius 1 is 0.938 bits per heavy atom. The molecule has 0 unspecified atom stereocenters. The third-order valence-electron chi connectivity index (χ3n) is 5.64. The third kappa shape index (κ3) is 4.21. The van der Waals surface area contributed by atoms with Crippen LogP contribution in [0, 0.1) is 20.8 Å². The van der Waals surface area contributed by atoms with Gasteiger partial charge in [-0.15, -0.1) is 0 Å². The highest BCUT2D eigenvalue weighted by Gasteiger charge is 2.22. The van der Waals surface area contributed by atoms with E-state index in [0.717, 1.165) is 27.9 Å². The highest BCUT2D eigenvalue weighted by Crippen LogP contribution is 2.26. The smallest absolute Gasteiger partial charge is 0.261 e. The van der Waals surface area contributed by atoms with Crippen molar-refractivity contribution in [1.82, 2.24) is 14.5 Å². The Labute approximate surface area is 186 Å². The molecule has 3 heterocycles. The molecule has 0 radical (unpaired) electrons. The van der Waals surface area contributed by atoms with Gasteiger partial charge in [0.15, 0.2) is 5.43 Å². The molecular formula is C26H24N4O2. The summed E-state index contributed by atoms with van der Waals surface area (Å²) in [5.41, 5.74) is 5.62. The number of benzene rings is 1. The molecule has 4 aromatic rings. The number of pyridine rings is 3. The maximum absolute atomic E-state index is 13.5. The number of nitrogens with zero attached hydrogens (tertiary/aromatic N) is 3. The van der Waals surface area contributed by atoms with Gasteiger partial charge in [-0.3, -0.25) is 19.6 Å². The fourth-order valence-corrected chi connectivity index (χ4v) is 3.74. The number of hydrogen-bond acceptors (Lipinski definition) is 4. The summed E-state index contributed by atoms with van der Waals surface area (Å²) in [6.07, 6.45) is 6.78. The molecule has 1 aromatic carbocycles. The lowest BCUT2D eigenvalue weighted by Crippen LogP contribution is -2.27. The lowest BCUT2D eigenvalue weighted by molar-refractivity contribution is 0.102. The Hall–Kier alpha value is -4.06. The molecule has 0 bridgehead atoms. The molecule has 32 heavy (non-hydrogen) atoms. The lowest BCUT2D eigenvalue weighted by atomic mass is 10.0. The van der Waals surface area contributed by atoms with E-state index in [2.05, 4.69) is 15.3 Å². The second-order valence-electron chi connectivity index (χ2n) is 7.75. The quantitative estimate of drug-likeness (QED) is 0.511. The summed E-state index contributed by atoms with van der Waals surface area (Å²) in [5, 5.41) is 2.95. The predicted molar refractivity (Wildman–Crippen MR) is 126 cm³/mol. The van der Waals surface area contributed by atoms with Gasteiger partial charge < -0.3 is 9.88 Å². The maximum atomic E-state index is 13.5. The molecule has 0 aliphatic rings. The van der Waals surface area contributed by atoms with Gasteiger partial charge in [0, 0.05) is 54.3 Å². The van der Waals surface area contributed by atoms with Gasteiger partial charge >= 0.3 is 0 Å². The van der Waals surface area contributed by atoms with Gasteiger partial charge in [0.05, 0.1) is 5.69 Å². The predicted octanol–water partition coefficient (Wildman–Crippen LogP) is 4.53. The topological polar surface area (TPSA) is 76.9 Å². The molecule has 160 valence electrons. The molecule has 0 spiro atoms. The molecule has 0 aliphatic heterocycles. The number of anilines is 1. The Bertz CT molecular complexity index is 1330. The first-order valence-corrected chi connectivity index (χ1v) is 10.4. The molecule has 0 aliphatic carbocycles. The molecule has 4 rings (SSSR count). The van der Waals surface area contributed by atoms with Gasteiger partial charge in [0.25, 0.3) is 5.91 Å². The lowest BCUT2D eigenvalue weighted by Gasteiger charge is -2.21. The Balaban J connectivity index is 1.89. The van der Waals surface area contributed by atoms with Crippen LogP contribution in [0.15, 0.2) is 78.1 Å². The molecule has 0 fully saturated rings. The molecule has 1 amide bonds. The summed E-state index contributed by atoms with van der Waals surface area (Å²) in [6.45, 7) is 6.31. The van der Waals surface area contributed by atoms with Crippen molar-refractivity contribution in [3.63, 3.8) is 0 Å². The number of hydrogen-bond donors (Lipinski definition) is 1. The highest BCUT2D eigenvalue weighted by molar-refractivity contribution is 6.08. The van der Waals surface area contributed by atoms with Crippen LogP contribution < -0.4 is 10.7 Å². The summed E-state index contributed by atoms with van der Waals surface area (Å²) in [5.74, 6) is -0.431. The Morgan fingerprint density at radius 2 is 1.59 bits per heavy atom. The van der Waals surface area contributed by atoms with E-state index in [1.807, 2.05) is 67.8 Å². The number of amides is 1. The second-order valence-corrected chi connectivity index (χ2v) is 7.75. The molecule has 6 heteroatoms. The van der Waals surface area contributed by atoms with E-state index in [4.69, 9.17) is 0 Å². The number of aromatic nitrogens is 3. The van der Waals surface area contributed by atoms with Crippen LogP contribution in [-0.4, -0.2) is 20.4 Å². The summed E-state index contributed by atoms with van der Waals surface area (Å²) in [4.78, 5) is 34.8. The van der Waals surface area contributed by atoms with Crippen LogP contribution in [-0.2, 0) is 6.54 Å². The van der Waals surface area contributed by atoms with E-state index in [1.54, 1.807) is 24.8 Å². The number of carbonyl (C=O) groups excluding carboxylic acids is 1. The summed E-state index contributed by atoms with van der Waals surface area (Å²) < 4.78 is 1.99.